The highest BCUT2D eigenvalue weighted by Crippen LogP contribution is 2.36. The van der Waals surface area contributed by atoms with Gasteiger partial charge in [-0.25, -0.2) is 14.4 Å². The van der Waals surface area contributed by atoms with Gasteiger partial charge in [0.15, 0.2) is 0 Å². The van der Waals surface area contributed by atoms with Crippen LogP contribution in [0.3, 0.4) is 0 Å². The van der Waals surface area contributed by atoms with Gasteiger partial charge in [0.2, 0.25) is 5.91 Å². The van der Waals surface area contributed by atoms with E-state index in [1.807, 2.05) is 20.8 Å². The van der Waals surface area contributed by atoms with Crippen molar-refractivity contribution in [1.29, 1.82) is 0 Å². The average Bonchev–Trinajstić information content (AvgIpc) is 2.84. The van der Waals surface area contributed by atoms with Gasteiger partial charge in [-0.2, -0.15) is 0 Å². The molecule has 26 heavy (non-hydrogen) atoms. The van der Waals surface area contributed by atoms with Gasteiger partial charge in [0.25, 0.3) is 0 Å². The predicted molar refractivity (Wildman–Crippen MR) is 107 cm³/mol. The number of thioether (sulfide) groups is 1. The number of nitrogens with one attached hydrogen (secondary N) is 1. The van der Waals surface area contributed by atoms with E-state index in [1.54, 1.807) is 18.3 Å². The summed E-state index contributed by atoms with van der Waals surface area (Å²) in [5.74, 6) is -0.199. The van der Waals surface area contributed by atoms with Crippen molar-refractivity contribution < 1.29 is 9.18 Å². The fourth-order valence-electron chi connectivity index (χ4n) is 2.45. The number of aryl methyl sites for hydroxylation is 3. The number of amides is 1. The number of anilines is 1. The number of rotatable bonds is 4. The van der Waals surface area contributed by atoms with Crippen LogP contribution in [0.4, 0.5) is 10.1 Å². The van der Waals surface area contributed by atoms with E-state index in [9.17, 15) is 9.18 Å². The molecule has 136 valence electrons. The number of carbonyl (C=O) groups is 1. The summed E-state index contributed by atoms with van der Waals surface area (Å²) >= 11 is 8.71. The van der Waals surface area contributed by atoms with Gasteiger partial charge in [-0.1, -0.05) is 23.4 Å². The van der Waals surface area contributed by atoms with Crippen LogP contribution in [0, 0.1) is 26.6 Å². The molecule has 2 aromatic heterocycles. The summed E-state index contributed by atoms with van der Waals surface area (Å²) in [5, 5.41) is 4.19. The maximum absolute atomic E-state index is 13.9. The minimum absolute atomic E-state index is 0.110. The van der Waals surface area contributed by atoms with E-state index in [4.69, 9.17) is 11.6 Å². The number of thiophene rings is 1. The molecule has 2 heterocycles. The number of hydrogen-bond donors (Lipinski definition) is 1. The molecule has 1 atom stereocenters. The van der Waals surface area contributed by atoms with Crippen molar-refractivity contribution in [1.82, 2.24) is 9.97 Å². The number of halogens is 2. The van der Waals surface area contributed by atoms with E-state index >= 15 is 0 Å². The van der Waals surface area contributed by atoms with Crippen LogP contribution >= 0.6 is 34.7 Å². The van der Waals surface area contributed by atoms with Gasteiger partial charge in [0.05, 0.1) is 10.9 Å². The van der Waals surface area contributed by atoms with Crippen LogP contribution < -0.4 is 5.32 Å². The topological polar surface area (TPSA) is 54.9 Å². The molecule has 3 rings (SSSR count). The molecule has 1 unspecified atom stereocenters. The number of nitrogens with zero attached hydrogens (tertiary/aromatic N) is 2. The third kappa shape index (κ3) is 3.84. The first-order valence-electron chi connectivity index (χ1n) is 7.93. The van der Waals surface area contributed by atoms with Crippen LogP contribution in [-0.4, -0.2) is 21.1 Å². The molecule has 3 aromatic rings. The largest absolute Gasteiger partial charge is 0.323 e. The van der Waals surface area contributed by atoms with Crippen molar-refractivity contribution in [3.8, 4) is 0 Å². The van der Waals surface area contributed by atoms with Gasteiger partial charge in [-0.05, 0) is 51.5 Å². The number of carbonyl (C=O) groups excluding carboxylic acids is 1. The van der Waals surface area contributed by atoms with Crippen LogP contribution in [-0.2, 0) is 4.79 Å². The molecule has 0 aliphatic rings. The van der Waals surface area contributed by atoms with Crippen LogP contribution in [0.25, 0.3) is 10.2 Å². The van der Waals surface area contributed by atoms with Gasteiger partial charge in [0, 0.05) is 15.3 Å². The van der Waals surface area contributed by atoms with Gasteiger partial charge < -0.3 is 5.32 Å². The molecule has 0 spiro atoms. The van der Waals surface area contributed by atoms with E-state index in [2.05, 4.69) is 15.3 Å². The summed E-state index contributed by atoms with van der Waals surface area (Å²) in [5.41, 5.74) is 1.24. The molecule has 0 radical (unpaired) electrons. The average molecular weight is 410 g/mol. The first kappa shape index (κ1) is 19.1. The molecular weight excluding hydrogens is 393 g/mol. The van der Waals surface area contributed by atoms with E-state index in [0.717, 1.165) is 20.8 Å². The normalized spacial score (nSPS) is 12.4. The highest BCUT2D eigenvalue weighted by molar-refractivity contribution is 8.00. The van der Waals surface area contributed by atoms with Gasteiger partial charge >= 0.3 is 0 Å². The minimum atomic E-state index is -0.562. The summed E-state index contributed by atoms with van der Waals surface area (Å²) in [6.07, 6.45) is 0. The third-order valence-corrected chi connectivity index (χ3v) is 6.38. The number of aromatic nitrogens is 2. The van der Waals surface area contributed by atoms with Crippen LogP contribution in [0.15, 0.2) is 23.2 Å². The zero-order chi connectivity index (χ0) is 19.0. The van der Waals surface area contributed by atoms with Crippen molar-refractivity contribution >= 4 is 56.5 Å². The van der Waals surface area contributed by atoms with Crippen LogP contribution in [0.2, 0.25) is 5.02 Å². The van der Waals surface area contributed by atoms with Crippen LogP contribution in [0.1, 0.15) is 23.2 Å². The molecule has 1 aromatic carbocycles. The lowest BCUT2D eigenvalue weighted by Crippen LogP contribution is -2.23. The van der Waals surface area contributed by atoms with Gasteiger partial charge in [-0.3, -0.25) is 4.79 Å². The van der Waals surface area contributed by atoms with E-state index < -0.39 is 11.1 Å². The second-order valence-electron chi connectivity index (χ2n) is 5.91. The maximum Gasteiger partial charge on any atom is 0.237 e. The molecule has 0 fully saturated rings. The summed E-state index contributed by atoms with van der Waals surface area (Å²) in [4.78, 5) is 23.6. The standard InChI is InChI=1S/C18H17ClFN3OS2/c1-8-9(2)25-17-15(8)18(22-11(4)21-17)26-10(3)16(24)23-14-6-5-12(19)7-13(14)20/h5-7,10H,1-4H3,(H,23,24). The zero-order valence-electron chi connectivity index (χ0n) is 14.7. The van der Waals surface area contributed by atoms with Gasteiger partial charge in [-0.15, -0.1) is 11.3 Å². The summed E-state index contributed by atoms with van der Waals surface area (Å²) in [7, 11) is 0. The summed E-state index contributed by atoms with van der Waals surface area (Å²) < 4.78 is 13.9. The maximum atomic E-state index is 13.9. The van der Waals surface area contributed by atoms with E-state index in [0.29, 0.717) is 5.82 Å². The highest BCUT2D eigenvalue weighted by Gasteiger charge is 2.21. The zero-order valence-corrected chi connectivity index (χ0v) is 17.1. The second-order valence-corrected chi connectivity index (χ2v) is 8.88. The fourth-order valence-corrected chi connectivity index (χ4v) is 4.80. The number of fused-ring (bicyclic) bond motifs is 1. The quantitative estimate of drug-likeness (QED) is 0.454. The van der Waals surface area contributed by atoms with Crippen molar-refractivity contribution in [3.05, 3.63) is 45.3 Å². The van der Waals surface area contributed by atoms with Crippen molar-refractivity contribution in [2.24, 2.45) is 0 Å². The molecule has 0 saturated heterocycles. The van der Waals surface area contributed by atoms with E-state index in [-0.39, 0.29) is 16.6 Å². The predicted octanol–water partition coefficient (Wildman–Crippen LogP) is 5.53. The summed E-state index contributed by atoms with van der Waals surface area (Å²) in [6.45, 7) is 7.68. The molecule has 8 heteroatoms. The molecule has 4 nitrogen and oxygen atoms in total. The van der Waals surface area contributed by atoms with E-state index in [1.165, 1.54) is 34.8 Å². The lowest BCUT2D eigenvalue weighted by Gasteiger charge is -2.13. The van der Waals surface area contributed by atoms with Crippen molar-refractivity contribution in [2.75, 3.05) is 5.32 Å². The SMILES string of the molecule is Cc1nc(SC(C)C(=O)Nc2ccc(Cl)cc2F)c2c(C)c(C)sc2n1. The second kappa shape index (κ2) is 7.50. The molecule has 1 N–H and O–H groups in total. The molecule has 0 bridgehead atoms. The van der Waals surface area contributed by atoms with Crippen molar-refractivity contribution in [2.45, 2.75) is 38.0 Å². The van der Waals surface area contributed by atoms with Gasteiger partial charge in [0.1, 0.15) is 21.5 Å². The Balaban J connectivity index is 1.84. The van der Waals surface area contributed by atoms with Crippen molar-refractivity contribution in [3.63, 3.8) is 0 Å². The first-order valence-corrected chi connectivity index (χ1v) is 10.0. The molecular formula is C18H17ClFN3OS2. The number of hydrogen-bond acceptors (Lipinski definition) is 5. The first-order chi connectivity index (χ1) is 12.3. The molecule has 0 aliphatic heterocycles. The Kier molecular flexibility index (Phi) is 5.50. The Bertz CT molecular complexity index is 1010. The lowest BCUT2D eigenvalue weighted by molar-refractivity contribution is -0.115. The Hall–Kier alpha value is -1.70. The Morgan fingerprint density at radius 1 is 1.31 bits per heavy atom. The monoisotopic (exact) mass is 409 g/mol. The highest BCUT2D eigenvalue weighted by atomic mass is 35.5. The molecule has 0 saturated carbocycles. The fraction of sp³-hybridized carbons (Fsp3) is 0.278. The smallest absolute Gasteiger partial charge is 0.237 e. The molecule has 1 amide bonds. The third-order valence-electron chi connectivity index (χ3n) is 3.95. The Morgan fingerprint density at radius 2 is 2.04 bits per heavy atom. The van der Waals surface area contributed by atoms with Crippen LogP contribution in [0.5, 0.6) is 0 Å². The minimum Gasteiger partial charge on any atom is -0.323 e. The molecule has 0 aliphatic carbocycles. The summed E-state index contributed by atoms with van der Waals surface area (Å²) in [6, 6.07) is 4.16. The Morgan fingerprint density at radius 3 is 2.73 bits per heavy atom. The lowest BCUT2D eigenvalue weighted by atomic mass is 10.2. The Labute approximate surface area is 164 Å². The number of benzene rings is 1.